The monoisotopic (exact) mass is 376 g/mol. The van der Waals surface area contributed by atoms with Gasteiger partial charge in [-0.1, -0.05) is 23.7 Å². The number of benzene rings is 2. The molecule has 0 aliphatic carbocycles. The molecule has 140 valence electrons. The van der Waals surface area contributed by atoms with Gasteiger partial charge in [-0.2, -0.15) is 0 Å². The fourth-order valence-corrected chi connectivity index (χ4v) is 2.83. The van der Waals surface area contributed by atoms with Crippen molar-refractivity contribution in [3.63, 3.8) is 0 Å². The molecule has 0 aliphatic heterocycles. The summed E-state index contributed by atoms with van der Waals surface area (Å²) in [6, 6.07) is 13.1. The number of amides is 1. The first-order valence-electron chi connectivity index (χ1n) is 8.51. The van der Waals surface area contributed by atoms with Crippen LogP contribution >= 0.6 is 11.6 Å². The lowest BCUT2D eigenvalue weighted by molar-refractivity contribution is -0.116. The van der Waals surface area contributed by atoms with Crippen LogP contribution in [0.15, 0.2) is 42.5 Å². The molecule has 0 aliphatic rings. The van der Waals surface area contributed by atoms with Gasteiger partial charge in [-0.3, -0.25) is 4.79 Å². The highest BCUT2D eigenvalue weighted by molar-refractivity contribution is 6.30. The number of hydrogen-bond acceptors (Lipinski definition) is 4. The zero-order valence-corrected chi connectivity index (χ0v) is 16.1. The smallest absolute Gasteiger partial charge is 0.226 e. The normalized spacial score (nSPS) is 11.7. The molecule has 2 aromatic carbocycles. The Bertz CT molecular complexity index is 737. The number of halogens is 1. The number of methoxy groups -OCH3 is 2. The molecule has 0 bridgehead atoms. The molecule has 0 radical (unpaired) electrons. The first-order chi connectivity index (χ1) is 12.5. The molecular formula is C20H25ClN2O3. The van der Waals surface area contributed by atoms with Gasteiger partial charge in [0.15, 0.2) is 0 Å². The lowest BCUT2D eigenvalue weighted by atomic mass is 10.1. The fraction of sp³-hybridized carbons (Fsp3) is 0.350. The average molecular weight is 377 g/mol. The van der Waals surface area contributed by atoms with Crippen LogP contribution in [0.5, 0.6) is 11.5 Å². The molecule has 0 spiro atoms. The van der Waals surface area contributed by atoms with Gasteiger partial charge in [0.1, 0.15) is 11.5 Å². The highest BCUT2D eigenvalue weighted by atomic mass is 35.5. The number of hydrogen-bond donors (Lipinski definition) is 2. The largest absolute Gasteiger partial charge is 0.497 e. The van der Waals surface area contributed by atoms with E-state index < -0.39 is 0 Å². The second-order valence-electron chi connectivity index (χ2n) is 6.05. The van der Waals surface area contributed by atoms with Crippen molar-refractivity contribution in [3.8, 4) is 11.5 Å². The SMILES string of the molecule is COc1ccc(OC)c(NC(=O)CC(C)NCCc2cccc(Cl)c2)c1. The van der Waals surface area contributed by atoms with Crippen molar-refractivity contribution < 1.29 is 14.3 Å². The third-order valence-electron chi connectivity index (χ3n) is 3.97. The van der Waals surface area contributed by atoms with Gasteiger partial charge in [-0.15, -0.1) is 0 Å². The maximum Gasteiger partial charge on any atom is 0.226 e. The van der Waals surface area contributed by atoms with E-state index >= 15 is 0 Å². The molecule has 0 aromatic heterocycles. The third-order valence-corrected chi connectivity index (χ3v) is 4.20. The van der Waals surface area contributed by atoms with Crippen molar-refractivity contribution in [1.29, 1.82) is 0 Å². The van der Waals surface area contributed by atoms with E-state index in [1.165, 1.54) is 5.56 Å². The highest BCUT2D eigenvalue weighted by Crippen LogP contribution is 2.29. The second kappa shape index (κ2) is 10.0. The number of anilines is 1. The van der Waals surface area contributed by atoms with Crippen LogP contribution in [0, 0.1) is 0 Å². The molecule has 1 atom stereocenters. The summed E-state index contributed by atoms with van der Waals surface area (Å²) >= 11 is 5.99. The molecule has 0 saturated heterocycles. The zero-order valence-electron chi connectivity index (χ0n) is 15.3. The Labute approximate surface area is 159 Å². The van der Waals surface area contributed by atoms with Crippen LogP contribution < -0.4 is 20.1 Å². The van der Waals surface area contributed by atoms with Gasteiger partial charge < -0.3 is 20.1 Å². The first-order valence-corrected chi connectivity index (χ1v) is 8.89. The molecule has 2 aromatic rings. The predicted octanol–water partition coefficient (Wildman–Crippen LogP) is 3.91. The first kappa shape index (κ1) is 20.1. The van der Waals surface area contributed by atoms with Crippen molar-refractivity contribution in [2.24, 2.45) is 0 Å². The van der Waals surface area contributed by atoms with Crippen LogP contribution in [-0.2, 0) is 11.2 Å². The maximum absolute atomic E-state index is 12.3. The van der Waals surface area contributed by atoms with Crippen molar-refractivity contribution in [3.05, 3.63) is 53.1 Å². The topological polar surface area (TPSA) is 59.6 Å². The van der Waals surface area contributed by atoms with E-state index in [1.807, 2.05) is 31.2 Å². The fourth-order valence-electron chi connectivity index (χ4n) is 2.62. The van der Waals surface area contributed by atoms with E-state index in [0.29, 0.717) is 23.6 Å². The summed E-state index contributed by atoms with van der Waals surface area (Å²) in [5, 5.41) is 6.98. The number of carbonyl (C=O) groups is 1. The minimum Gasteiger partial charge on any atom is -0.497 e. The molecule has 2 rings (SSSR count). The van der Waals surface area contributed by atoms with E-state index in [2.05, 4.69) is 10.6 Å². The molecule has 0 heterocycles. The summed E-state index contributed by atoms with van der Waals surface area (Å²) in [6.07, 6.45) is 1.21. The molecule has 0 fully saturated rings. The Kier molecular flexibility index (Phi) is 7.75. The van der Waals surface area contributed by atoms with Crippen LogP contribution in [0.4, 0.5) is 5.69 Å². The summed E-state index contributed by atoms with van der Waals surface area (Å²) in [5.74, 6) is 1.17. The Morgan fingerprint density at radius 1 is 1.15 bits per heavy atom. The van der Waals surface area contributed by atoms with E-state index in [1.54, 1.807) is 32.4 Å². The molecule has 5 nitrogen and oxygen atoms in total. The van der Waals surface area contributed by atoms with Crippen LogP contribution in [0.1, 0.15) is 18.9 Å². The minimum atomic E-state index is -0.0840. The van der Waals surface area contributed by atoms with Crippen LogP contribution in [-0.4, -0.2) is 32.7 Å². The quantitative estimate of drug-likeness (QED) is 0.696. The van der Waals surface area contributed by atoms with Crippen molar-refractivity contribution >= 4 is 23.2 Å². The standard InChI is InChI=1S/C20H25ClN2O3/c1-14(22-10-9-15-5-4-6-16(21)12-15)11-20(24)23-18-13-17(25-2)7-8-19(18)26-3/h4-8,12-14,22H,9-11H2,1-3H3,(H,23,24). The number of carbonyl (C=O) groups excluding carboxylic acids is 1. The lowest BCUT2D eigenvalue weighted by Crippen LogP contribution is -2.32. The molecule has 1 unspecified atom stereocenters. The minimum absolute atomic E-state index is 0.0470. The summed E-state index contributed by atoms with van der Waals surface area (Å²) < 4.78 is 10.5. The molecule has 0 saturated carbocycles. The second-order valence-corrected chi connectivity index (χ2v) is 6.49. The van der Waals surface area contributed by atoms with Crippen molar-refractivity contribution in [2.75, 3.05) is 26.1 Å². The highest BCUT2D eigenvalue weighted by Gasteiger charge is 2.12. The molecule has 1 amide bonds. The van der Waals surface area contributed by atoms with Gasteiger partial charge >= 0.3 is 0 Å². The summed E-state index contributed by atoms with van der Waals surface area (Å²) in [4.78, 5) is 12.3. The Balaban J connectivity index is 1.81. The summed E-state index contributed by atoms with van der Waals surface area (Å²) in [7, 11) is 3.15. The van der Waals surface area contributed by atoms with Gasteiger partial charge in [0.2, 0.25) is 5.91 Å². The molecule has 6 heteroatoms. The van der Waals surface area contributed by atoms with Gasteiger partial charge in [0.05, 0.1) is 19.9 Å². The number of nitrogens with one attached hydrogen (secondary N) is 2. The molecular weight excluding hydrogens is 352 g/mol. The van der Waals surface area contributed by atoms with Crippen LogP contribution in [0.25, 0.3) is 0 Å². The van der Waals surface area contributed by atoms with Crippen LogP contribution in [0.3, 0.4) is 0 Å². The van der Waals surface area contributed by atoms with Gasteiger partial charge in [0.25, 0.3) is 0 Å². The van der Waals surface area contributed by atoms with Crippen LogP contribution in [0.2, 0.25) is 5.02 Å². The van der Waals surface area contributed by atoms with Gasteiger partial charge in [-0.25, -0.2) is 0 Å². The molecule has 2 N–H and O–H groups in total. The summed E-state index contributed by atoms with van der Waals surface area (Å²) in [6.45, 7) is 2.76. The zero-order chi connectivity index (χ0) is 18.9. The Hall–Kier alpha value is -2.24. The van der Waals surface area contributed by atoms with Gasteiger partial charge in [-0.05, 0) is 49.7 Å². The third kappa shape index (κ3) is 6.24. The van der Waals surface area contributed by atoms with E-state index in [9.17, 15) is 4.79 Å². The summed E-state index contributed by atoms with van der Waals surface area (Å²) in [5.41, 5.74) is 1.77. The lowest BCUT2D eigenvalue weighted by Gasteiger charge is -2.15. The Morgan fingerprint density at radius 2 is 1.96 bits per heavy atom. The average Bonchev–Trinajstić information content (AvgIpc) is 2.61. The number of ether oxygens (including phenoxy) is 2. The van der Waals surface area contributed by atoms with Crippen molar-refractivity contribution in [2.45, 2.75) is 25.8 Å². The maximum atomic E-state index is 12.3. The van der Waals surface area contributed by atoms with E-state index in [-0.39, 0.29) is 11.9 Å². The van der Waals surface area contributed by atoms with Gasteiger partial charge in [0, 0.05) is 23.6 Å². The Morgan fingerprint density at radius 3 is 2.65 bits per heavy atom. The van der Waals surface area contributed by atoms with Crippen molar-refractivity contribution in [1.82, 2.24) is 5.32 Å². The predicted molar refractivity (Wildman–Crippen MR) is 105 cm³/mol. The van der Waals surface area contributed by atoms with E-state index in [0.717, 1.165) is 18.0 Å². The number of rotatable bonds is 9. The van der Waals surface area contributed by atoms with E-state index in [4.69, 9.17) is 21.1 Å². The molecule has 26 heavy (non-hydrogen) atoms.